The van der Waals surface area contributed by atoms with Crippen molar-refractivity contribution < 1.29 is 0 Å². The second-order valence-electron chi connectivity index (χ2n) is 3.57. The summed E-state index contributed by atoms with van der Waals surface area (Å²) in [5.41, 5.74) is 1.25. The predicted molar refractivity (Wildman–Crippen MR) is 71.7 cm³/mol. The molecular formula is C13H26N2. The summed E-state index contributed by atoms with van der Waals surface area (Å²) in [6.07, 6.45) is 0. The van der Waals surface area contributed by atoms with Crippen LogP contribution in [0.1, 0.15) is 13.8 Å². The molecular weight excluding hydrogens is 184 g/mol. The van der Waals surface area contributed by atoms with Gasteiger partial charge in [-0.25, -0.2) is 0 Å². The van der Waals surface area contributed by atoms with Crippen molar-refractivity contribution in [3.63, 3.8) is 0 Å². The van der Waals surface area contributed by atoms with Gasteiger partial charge in [0.1, 0.15) is 0 Å². The van der Waals surface area contributed by atoms with Crippen molar-refractivity contribution in [3.8, 4) is 0 Å². The van der Waals surface area contributed by atoms with Crippen LogP contribution >= 0.6 is 0 Å². The standard InChI is InChI=1S/C8H11N.C3H9N.C2H6/c1-9(2)8-6-4-3-5-7-8;1-4(2)3;1-2/h3-7H,1-2H3;1-3H3;1-2H3. The molecule has 15 heavy (non-hydrogen) atoms. The minimum absolute atomic E-state index is 1.25. The zero-order chi connectivity index (χ0) is 12.3. The Balaban J connectivity index is 0. The van der Waals surface area contributed by atoms with Gasteiger partial charge in [-0.05, 0) is 33.3 Å². The molecule has 0 aromatic heterocycles. The van der Waals surface area contributed by atoms with Crippen molar-refractivity contribution in [1.82, 2.24) is 4.90 Å². The lowest BCUT2D eigenvalue weighted by Crippen LogP contribution is -2.07. The molecule has 0 aliphatic rings. The van der Waals surface area contributed by atoms with E-state index in [1.807, 2.05) is 72.2 Å². The minimum atomic E-state index is 1.25. The summed E-state index contributed by atoms with van der Waals surface area (Å²) in [6, 6.07) is 10.3. The fourth-order valence-corrected chi connectivity index (χ4v) is 0.726. The van der Waals surface area contributed by atoms with Crippen LogP contribution in [0.25, 0.3) is 0 Å². The fraction of sp³-hybridized carbons (Fsp3) is 0.538. The van der Waals surface area contributed by atoms with Crippen LogP contribution in [0.2, 0.25) is 0 Å². The van der Waals surface area contributed by atoms with E-state index in [0.717, 1.165) is 0 Å². The molecule has 1 rings (SSSR count). The Labute approximate surface area is 95.5 Å². The molecule has 0 fully saturated rings. The highest BCUT2D eigenvalue weighted by atomic mass is 15.1. The van der Waals surface area contributed by atoms with E-state index in [-0.39, 0.29) is 0 Å². The molecule has 0 aliphatic carbocycles. The van der Waals surface area contributed by atoms with Crippen molar-refractivity contribution in [1.29, 1.82) is 0 Å². The Morgan fingerprint density at radius 3 is 1.27 bits per heavy atom. The summed E-state index contributed by atoms with van der Waals surface area (Å²) in [5.74, 6) is 0. The molecule has 0 amide bonds. The third-order valence-electron chi connectivity index (χ3n) is 1.27. The second kappa shape index (κ2) is 11.1. The van der Waals surface area contributed by atoms with E-state index in [2.05, 4.69) is 17.0 Å². The zero-order valence-electron chi connectivity index (χ0n) is 11.3. The third-order valence-corrected chi connectivity index (χ3v) is 1.27. The van der Waals surface area contributed by atoms with Crippen LogP contribution in [0.5, 0.6) is 0 Å². The molecule has 2 nitrogen and oxygen atoms in total. The normalized spacial score (nSPS) is 8.27. The number of hydrogen-bond donors (Lipinski definition) is 0. The van der Waals surface area contributed by atoms with Gasteiger partial charge in [-0.15, -0.1) is 0 Å². The van der Waals surface area contributed by atoms with E-state index >= 15 is 0 Å². The lowest BCUT2D eigenvalue weighted by molar-refractivity contribution is 0.505. The van der Waals surface area contributed by atoms with Crippen LogP contribution in [0.15, 0.2) is 30.3 Å². The van der Waals surface area contributed by atoms with Crippen molar-refractivity contribution in [3.05, 3.63) is 30.3 Å². The highest BCUT2D eigenvalue weighted by Crippen LogP contribution is 2.07. The van der Waals surface area contributed by atoms with Crippen molar-refractivity contribution in [2.24, 2.45) is 0 Å². The molecule has 0 aliphatic heterocycles. The first-order valence-corrected chi connectivity index (χ1v) is 5.37. The molecule has 0 saturated carbocycles. The van der Waals surface area contributed by atoms with Crippen molar-refractivity contribution >= 4 is 5.69 Å². The molecule has 1 aromatic rings. The fourth-order valence-electron chi connectivity index (χ4n) is 0.726. The molecule has 0 bridgehead atoms. The van der Waals surface area contributed by atoms with Gasteiger partial charge < -0.3 is 9.80 Å². The number of nitrogens with zero attached hydrogens (tertiary/aromatic N) is 2. The van der Waals surface area contributed by atoms with Crippen molar-refractivity contribution in [2.75, 3.05) is 40.1 Å². The predicted octanol–water partition coefficient (Wildman–Crippen LogP) is 2.96. The van der Waals surface area contributed by atoms with Crippen LogP contribution in [0.3, 0.4) is 0 Å². The van der Waals surface area contributed by atoms with Gasteiger partial charge in [0, 0.05) is 19.8 Å². The topological polar surface area (TPSA) is 6.48 Å². The van der Waals surface area contributed by atoms with E-state index in [1.54, 1.807) is 0 Å². The maximum absolute atomic E-state index is 2.08. The van der Waals surface area contributed by atoms with E-state index < -0.39 is 0 Å². The van der Waals surface area contributed by atoms with Gasteiger partial charge >= 0.3 is 0 Å². The maximum Gasteiger partial charge on any atom is 0.0360 e. The second-order valence-corrected chi connectivity index (χ2v) is 3.57. The van der Waals surface area contributed by atoms with Crippen LogP contribution in [-0.4, -0.2) is 40.1 Å². The Kier molecular flexibility index (Phi) is 12.1. The zero-order valence-corrected chi connectivity index (χ0v) is 11.3. The van der Waals surface area contributed by atoms with Crippen LogP contribution in [0, 0.1) is 0 Å². The summed E-state index contributed by atoms with van der Waals surface area (Å²) in [4.78, 5) is 4.08. The Hall–Kier alpha value is -1.02. The smallest absolute Gasteiger partial charge is 0.0360 e. The molecule has 0 saturated heterocycles. The van der Waals surface area contributed by atoms with E-state index in [1.165, 1.54) is 5.69 Å². The van der Waals surface area contributed by atoms with Gasteiger partial charge in [0.05, 0.1) is 0 Å². The summed E-state index contributed by atoms with van der Waals surface area (Å²) >= 11 is 0. The van der Waals surface area contributed by atoms with Crippen LogP contribution in [0.4, 0.5) is 5.69 Å². The van der Waals surface area contributed by atoms with Crippen LogP contribution in [-0.2, 0) is 0 Å². The Bertz CT molecular complexity index is 202. The molecule has 0 unspecified atom stereocenters. The molecule has 0 N–H and O–H groups in total. The molecule has 2 heteroatoms. The molecule has 0 spiro atoms. The monoisotopic (exact) mass is 210 g/mol. The molecule has 1 aromatic carbocycles. The molecule has 0 atom stereocenters. The van der Waals surface area contributed by atoms with Gasteiger partial charge in [0.15, 0.2) is 0 Å². The van der Waals surface area contributed by atoms with E-state index in [9.17, 15) is 0 Å². The van der Waals surface area contributed by atoms with Gasteiger partial charge in [-0.2, -0.15) is 0 Å². The minimum Gasteiger partial charge on any atom is -0.378 e. The van der Waals surface area contributed by atoms with E-state index in [4.69, 9.17) is 0 Å². The van der Waals surface area contributed by atoms with Crippen molar-refractivity contribution in [2.45, 2.75) is 13.8 Å². The number of anilines is 1. The average molecular weight is 210 g/mol. The Morgan fingerprint density at radius 2 is 1.07 bits per heavy atom. The Morgan fingerprint density at radius 1 is 0.733 bits per heavy atom. The van der Waals surface area contributed by atoms with Gasteiger partial charge in [0.2, 0.25) is 0 Å². The van der Waals surface area contributed by atoms with Gasteiger partial charge in [-0.3, -0.25) is 0 Å². The number of benzene rings is 1. The summed E-state index contributed by atoms with van der Waals surface area (Å²) in [7, 11) is 10.1. The highest BCUT2D eigenvalue weighted by Gasteiger charge is 1.87. The quantitative estimate of drug-likeness (QED) is 0.703. The number of para-hydroxylation sites is 1. The first-order chi connectivity index (χ1) is 7.04. The third kappa shape index (κ3) is 13.0. The average Bonchev–Trinajstić information content (AvgIpc) is 2.21. The lowest BCUT2D eigenvalue weighted by Gasteiger charge is -2.10. The SMILES string of the molecule is CC.CN(C)C.CN(C)c1ccccc1. The van der Waals surface area contributed by atoms with Crippen LogP contribution < -0.4 is 4.90 Å². The maximum atomic E-state index is 2.08. The van der Waals surface area contributed by atoms with Gasteiger partial charge in [0.25, 0.3) is 0 Å². The first-order valence-electron chi connectivity index (χ1n) is 5.37. The highest BCUT2D eigenvalue weighted by molar-refractivity contribution is 5.43. The largest absolute Gasteiger partial charge is 0.378 e. The molecule has 0 radical (unpaired) electrons. The summed E-state index contributed by atoms with van der Waals surface area (Å²) in [6.45, 7) is 4.00. The first kappa shape index (κ1) is 16.4. The summed E-state index contributed by atoms with van der Waals surface area (Å²) in [5, 5.41) is 0. The van der Waals surface area contributed by atoms with E-state index in [0.29, 0.717) is 0 Å². The molecule has 0 heterocycles. The number of hydrogen-bond acceptors (Lipinski definition) is 2. The summed E-state index contributed by atoms with van der Waals surface area (Å²) < 4.78 is 0. The lowest BCUT2D eigenvalue weighted by atomic mass is 10.3. The van der Waals surface area contributed by atoms with Gasteiger partial charge in [-0.1, -0.05) is 32.0 Å². The number of rotatable bonds is 1. The molecule has 88 valence electrons.